The van der Waals surface area contributed by atoms with E-state index in [1.807, 2.05) is 14.1 Å². The molecule has 0 saturated carbocycles. The molecule has 0 atom stereocenters. The molecule has 0 saturated heterocycles. The minimum absolute atomic E-state index is 0.149. The van der Waals surface area contributed by atoms with E-state index in [-0.39, 0.29) is 11.5 Å². The summed E-state index contributed by atoms with van der Waals surface area (Å²) in [5.41, 5.74) is 5.91. The average molecular weight is 305 g/mol. The number of nitrogens with two attached hydrogens (primary N) is 1. The van der Waals surface area contributed by atoms with Gasteiger partial charge >= 0.3 is 5.97 Å². The van der Waals surface area contributed by atoms with Crippen LogP contribution in [0.5, 0.6) is 0 Å². The van der Waals surface area contributed by atoms with E-state index in [4.69, 9.17) is 10.8 Å². The molecule has 3 N–H and O–H groups in total. The van der Waals surface area contributed by atoms with E-state index in [2.05, 4.69) is 15.0 Å². The summed E-state index contributed by atoms with van der Waals surface area (Å²) < 4.78 is 0. The molecule has 0 fully saturated rings. The van der Waals surface area contributed by atoms with Crippen LogP contribution in [0.3, 0.4) is 0 Å². The third kappa shape index (κ3) is 3.82. The molecule has 0 bridgehead atoms. The predicted molar refractivity (Wildman–Crippen MR) is 81.5 cm³/mol. The van der Waals surface area contributed by atoms with Crippen molar-refractivity contribution >= 4 is 29.6 Å². The zero-order valence-electron chi connectivity index (χ0n) is 11.6. The number of aromatic carboxylic acids is 1. The highest BCUT2D eigenvalue weighted by molar-refractivity contribution is 7.98. The molecule has 8 heteroatoms. The summed E-state index contributed by atoms with van der Waals surface area (Å²) in [5, 5.41) is 9.14. The fraction of sp³-hybridized carbons (Fsp3) is 0.231. The topological polar surface area (TPSA) is 105 Å². The maximum Gasteiger partial charge on any atom is 0.336 e. The first-order valence-corrected chi connectivity index (χ1v) is 7.09. The monoisotopic (exact) mass is 305 g/mol. The molecule has 1 aromatic heterocycles. The van der Waals surface area contributed by atoms with E-state index in [0.717, 1.165) is 0 Å². The van der Waals surface area contributed by atoms with Crippen LogP contribution in [0.2, 0.25) is 0 Å². The first kappa shape index (κ1) is 15.0. The Bertz CT molecular complexity index is 663. The minimum atomic E-state index is -0.956. The number of carbonyl (C=O) groups is 1. The second-order valence-corrected chi connectivity index (χ2v) is 5.41. The highest BCUT2D eigenvalue weighted by Gasteiger charge is 2.11. The van der Waals surface area contributed by atoms with Gasteiger partial charge in [0, 0.05) is 19.0 Å². The zero-order valence-corrected chi connectivity index (χ0v) is 12.5. The number of anilines is 2. The molecule has 0 aliphatic rings. The van der Waals surface area contributed by atoms with Crippen molar-refractivity contribution in [3.05, 3.63) is 35.7 Å². The lowest BCUT2D eigenvalue weighted by Gasteiger charge is -2.11. The Morgan fingerprint density at radius 3 is 2.67 bits per heavy atom. The molecule has 2 aromatic rings. The fourth-order valence-electron chi connectivity index (χ4n) is 1.60. The van der Waals surface area contributed by atoms with Gasteiger partial charge in [-0.25, -0.2) is 4.79 Å². The van der Waals surface area contributed by atoms with Crippen LogP contribution in [0.4, 0.5) is 11.9 Å². The van der Waals surface area contributed by atoms with E-state index >= 15 is 0 Å². The standard InChI is InChI=1S/C13H15N5O2S/c1-18(2)13-16-10(15-12(14)17-13)7-21-9-6-4-3-5-8(9)11(19)20/h3-6H,7H2,1-2H3,(H,19,20)(H2,14,15,16,17). The van der Waals surface area contributed by atoms with Gasteiger partial charge in [0.15, 0.2) is 0 Å². The van der Waals surface area contributed by atoms with Gasteiger partial charge in [-0.15, -0.1) is 11.8 Å². The van der Waals surface area contributed by atoms with E-state index in [1.165, 1.54) is 11.8 Å². The third-order valence-corrected chi connectivity index (χ3v) is 3.63. The Hall–Kier alpha value is -2.35. The third-order valence-electron chi connectivity index (χ3n) is 2.56. The van der Waals surface area contributed by atoms with Gasteiger partial charge in [0.25, 0.3) is 0 Å². The molecule has 0 aliphatic heterocycles. The number of aromatic nitrogens is 3. The molecule has 0 radical (unpaired) electrons. The number of nitrogen functional groups attached to an aromatic ring is 1. The first-order valence-electron chi connectivity index (χ1n) is 6.10. The van der Waals surface area contributed by atoms with Gasteiger partial charge in [-0.3, -0.25) is 0 Å². The lowest BCUT2D eigenvalue weighted by molar-refractivity contribution is 0.0693. The van der Waals surface area contributed by atoms with Gasteiger partial charge in [0.05, 0.1) is 11.3 Å². The van der Waals surface area contributed by atoms with Gasteiger partial charge in [-0.1, -0.05) is 12.1 Å². The fourth-order valence-corrected chi connectivity index (χ4v) is 2.50. The largest absolute Gasteiger partial charge is 0.478 e. The van der Waals surface area contributed by atoms with Gasteiger partial charge in [0.1, 0.15) is 5.82 Å². The van der Waals surface area contributed by atoms with Crippen LogP contribution in [0, 0.1) is 0 Å². The molecule has 1 aromatic carbocycles. The van der Waals surface area contributed by atoms with Crippen molar-refractivity contribution in [1.29, 1.82) is 0 Å². The second-order valence-electron chi connectivity index (χ2n) is 4.39. The van der Waals surface area contributed by atoms with Crippen molar-refractivity contribution in [3.8, 4) is 0 Å². The van der Waals surface area contributed by atoms with Crippen molar-refractivity contribution in [2.45, 2.75) is 10.6 Å². The van der Waals surface area contributed by atoms with Crippen molar-refractivity contribution in [2.75, 3.05) is 24.7 Å². The lowest BCUT2D eigenvalue weighted by Crippen LogP contribution is -2.16. The molecule has 2 rings (SSSR count). The molecule has 7 nitrogen and oxygen atoms in total. The normalized spacial score (nSPS) is 10.4. The van der Waals surface area contributed by atoms with Crippen molar-refractivity contribution in [1.82, 2.24) is 15.0 Å². The summed E-state index contributed by atoms with van der Waals surface area (Å²) in [6, 6.07) is 6.81. The number of nitrogens with zero attached hydrogens (tertiary/aromatic N) is 4. The molecule has 0 amide bonds. The molecule has 0 unspecified atom stereocenters. The van der Waals surface area contributed by atoms with Gasteiger partial charge in [-0.2, -0.15) is 15.0 Å². The van der Waals surface area contributed by atoms with Crippen LogP contribution in [0.15, 0.2) is 29.2 Å². The van der Waals surface area contributed by atoms with Crippen LogP contribution in [0.1, 0.15) is 16.2 Å². The van der Waals surface area contributed by atoms with Gasteiger partial charge in [0.2, 0.25) is 11.9 Å². The van der Waals surface area contributed by atoms with Crippen LogP contribution < -0.4 is 10.6 Å². The van der Waals surface area contributed by atoms with Crippen molar-refractivity contribution in [2.24, 2.45) is 0 Å². The molecular weight excluding hydrogens is 290 g/mol. The van der Waals surface area contributed by atoms with E-state index in [1.54, 1.807) is 29.2 Å². The molecule has 1 heterocycles. The number of rotatable bonds is 5. The number of hydrogen-bond donors (Lipinski definition) is 2. The Labute approximate surface area is 126 Å². The maximum atomic E-state index is 11.1. The van der Waals surface area contributed by atoms with Crippen LogP contribution in [-0.2, 0) is 5.75 Å². The average Bonchev–Trinajstić information content (AvgIpc) is 2.44. The molecule has 21 heavy (non-hydrogen) atoms. The summed E-state index contributed by atoms with van der Waals surface area (Å²) in [5.74, 6) is 0.594. The van der Waals surface area contributed by atoms with Gasteiger partial charge < -0.3 is 15.7 Å². The summed E-state index contributed by atoms with van der Waals surface area (Å²) in [7, 11) is 3.62. The Morgan fingerprint density at radius 1 is 1.29 bits per heavy atom. The Kier molecular flexibility index (Phi) is 4.59. The number of hydrogen-bond acceptors (Lipinski definition) is 7. The lowest BCUT2D eigenvalue weighted by atomic mass is 10.2. The number of benzene rings is 1. The summed E-state index contributed by atoms with van der Waals surface area (Å²) in [6.07, 6.45) is 0. The second kappa shape index (κ2) is 6.40. The van der Waals surface area contributed by atoms with Crippen LogP contribution in [-0.4, -0.2) is 40.1 Å². The number of thioether (sulfide) groups is 1. The molecule has 0 spiro atoms. The zero-order chi connectivity index (χ0) is 15.4. The molecule has 0 aliphatic carbocycles. The highest BCUT2D eigenvalue weighted by Crippen LogP contribution is 2.25. The van der Waals surface area contributed by atoms with E-state index < -0.39 is 5.97 Å². The summed E-state index contributed by atoms with van der Waals surface area (Å²) in [4.78, 5) is 25.9. The predicted octanol–water partition coefficient (Wildman–Crippen LogP) is 1.51. The van der Waals surface area contributed by atoms with Crippen LogP contribution >= 0.6 is 11.8 Å². The van der Waals surface area contributed by atoms with Crippen molar-refractivity contribution in [3.63, 3.8) is 0 Å². The summed E-state index contributed by atoms with van der Waals surface area (Å²) in [6.45, 7) is 0. The van der Waals surface area contributed by atoms with Gasteiger partial charge in [-0.05, 0) is 12.1 Å². The number of carboxylic acid groups (broad SMARTS) is 1. The highest BCUT2D eigenvalue weighted by atomic mass is 32.2. The van der Waals surface area contributed by atoms with Crippen molar-refractivity contribution < 1.29 is 9.90 Å². The molecule has 110 valence electrons. The SMILES string of the molecule is CN(C)c1nc(N)nc(CSc2ccccc2C(=O)O)n1. The number of carboxylic acids is 1. The summed E-state index contributed by atoms with van der Waals surface area (Å²) >= 11 is 1.35. The Balaban J connectivity index is 2.19. The Morgan fingerprint density at radius 2 is 2.00 bits per heavy atom. The van der Waals surface area contributed by atoms with E-state index in [0.29, 0.717) is 22.4 Å². The van der Waals surface area contributed by atoms with Crippen LogP contribution in [0.25, 0.3) is 0 Å². The quantitative estimate of drug-likeness (QED) is 0.801. The first-order chi connectivity index (χ1) is 9.97. The van der Waals surface area contributed by atoms with E-state index in [9.17, 15) is 4.79 Å². The smallest absolute Gasteiger partial charge is 0.336 e. The maximum absolute atomic E-state index is 11.1. The minimum Gasteiger partial charge on any atom is -0.478 e. The molecular formula is C13H15N5O2S.